The van der Waals surface area contributed by atoms with Crippen LogP contribution in [0, 0.1) is 5.92 Å². The van der Waals surface area contributed by atoms with Gasteiger partial charge in [-0.2, -0.15) is 0 Å². The van der Waals surface area contributed by atoms with Gasteiger partial charge in [-0.15, -0.1) is 0 Å². The van der Waals surface area contributed by atoms with E-state index in [0.29, 0.717) is 11.5 Å². The van der Waals surface area contributed by atoms with Crippen LogP contribution in [0.4, 0.5) is 0 Å². The lowest BCUT2D eigenvalue weighted by Crippen LogP contribution is -2.20. The molecule has 1 aliphatic carbocycles. The molecule has 2 heteroatoms. The van der Waals surface area contributed by atoms with Gasteiger partial charge in [-0.05, 0) is 19.3 Å². The highest BCUT2D eigenvalue weighted by Crippen LogP contribution is 2.37. The number of carbonyl (C=O) groups is 1. The van der Waals surface area contributed by atoms with Gasteiger partial charge in [-0.25, -0.2) is 4.79 Å². The molecule has 60 valence electrons. The van der Waals surface area contributed by atoms with Gasteiger partial charge in [0.05, 0.1) is 0 Å². The van der Waals surface area contributed by atoms with Crippen molar-refractivity contribution in [2.24, 2.45) is 5.92 Å². The van der Waals surface area contributed by atoms with Crippen LogP contribution in [0.3, 0.4) is 0 Å². The summed E-state index contributed by atoms with van der Waals surface area (Å²) in [6, 6.07) is 0. The number of carbonyl (C=O) groups excluding carboxylic acids is 1. The summed E-state index contributed by atoms with van der Waals surface area (Å²) in [6.45, 7) is 3.74. The van der Waals surface area contributed by atoms with E-state index in [2.05, 4.69) is 6.58 Å². The second-order valence-electron chi connectivity index (χ2n) is 3.36. The van der Waals surface area contributed by atoms with Crippen LogP contribution in [-0.2, 0) is 9.53 Å². The van der Waals surface area contributed by atoms with Crippen molar-refractivity contribution in [1.82, 2.24) is 0 Å². The molecule has 2 nitrogen and oxygen atoms in total. The van der Waals surface area contributed by atoms with Gasteiger partial charge in [0, 0.05) is 11.5 Å². The van der Waals surface area contributed by atoms with Crippen LogP contribution in [0.1, 0.15) is 25.7 Å². The van der Waals surface area contributed by atoms with Crippen molar-refractivity contribution in [3.8, 4) is 0 Å². The predicted molar refractivity (Wildman–Crippen MR) is 41.0 cm³/mol. The van der Waals surface area contributed by atoms with E-state index in [-0.39, 0.29) is 12.1 Å². The molecule has 2 atom stereocenters. The fourth-order valence-electron chi connectivity index (χ4n) is 2.00. The van der Waals surface area contributed by atoms with E-state index in [0.717, 1.165) is 12.8 Å². The zero-order valence-corrected chi connectivity index (χ0v) is 6.51. The Bertz CT molecular complexity index is 208. The van der Waals surface area contributed by atoms with Crippen molar-refractivity contribution in [3.63, 3.8) is 0 Å². The number of rotatable bonds is 0. The number of fused-ring (bicyclic) bond motifs is 1. The quantitative estimate of drug-likeness (QED) is 0.390. The highest BCUT2D eigenvalue weighted by Gasteiger charge is 2.39. The molecule has 0 aromatic rings. The van der Waals surface area contributed by atoms with Gasteiger partial charge in [0.2, 0.25) is 0 Å². The van der Waals surface area contributed by atoms with Crippen molar-refractivity contribution in [2.45, 2.75) is 31.8 Å². The Hall–Kier alpha value is -0.790. The molecule has 0 unspecified atom stereocenters. The molecular formula is C9H12O2. The first kappa shape index (κ1) is 6.89. The second-order valence-corrected chi connectivity index (χ2v) is 3.36. The summed E-state index contributed by atoms with van der Waals surface area (Å²) >= 11 is 0. The van der Waals surface area contributed by atoms with Crippen LogP contribution in [0.5, 0.6) is 0 Å². The smallest absolute Gasteiger partial charge is 0.334 e. The fourth-order valence-corrected chi connectivity index (χ4v) is 2.00. The van der Waals surface area contributed by atoms with Crippen LogP contribution in [0.15, 0.2) is 12.2 Å². The summed E-state index contributed by atoms with van der Waals surface area (Å²) in [5, 5.41) is 0. The number of esters is 1. The third-order valence-corrected chi connectivity index (χ3v) is 2.67. The lowest BCUT2D eigenvalue weighted by Gasteiger charge is -2.22. The summed E-state index contributed by atoms with van der Waals surface area (Å²) in [5.74, 6) is 0.179. The normalized spacial score (nSPS) is 36.7. The van der Waals surface area contributed by atoms with Crippen LogP contribution in [0.25, 0.3) is 0 Å². The van der Waals surface area contributed by atoms with Crippen LogP contribution in [0.2, 0.25) is 0 Å². The molecule has 0 spiro atoms. The van der Waals surface area contributed by atoms with Crippen molar-refractivity contribution in [3.05, 3.63) is 12.2 Å². The molecule has 0 radical (unpaired) electrons. The van der Waals surface area contributed by atoms with Crippen molar-refractivity contribution >= 4 is 5.97 Å². The van der Waals surface area contributed by atoms with Crippen molar-refractivity contribution < 1.29 is 9.53 Å². The predicted octanol–water partition coefficient (Wildman–Crippen LogP) is 1.66. The largest absolute Gasteiger partial charge is 0.458 e. The molecule has 2 rings (SSSR count). The molecule has 11 heavy (non-hydrogen) atoms. The van der Waals surface area contributed by atoms with E-state index in [4.69, 9.17) is 4.74 Å². The summed E-state index contributed by atoms with van der Waals surface area (Å²) in [4.78, 5) is 11.0. The first-order valence-electron chi connectivity index (χ1n) is 4.19. The molecule has 1 heterocycles. The van der Waals surface area contributed by atoms with Gasteiger partial charge < -0.3 is 4.74 Å². The standard InChI is InChI=1S/C9H12O2/c1-6-7-4-2-3-5-8(7)11-9(6)10/h7-8H,1-5H2/t7-,8-/m1/s1. The van der Waals surface area contributed by atoms with Crippen LogP contribution in [-0.4, -0.2) is 12.1 Å². The average Bonchev–Trinajstić information content (AvgIpc) is 2.30. The molecule has 0 N–H and O–H groups in total. The molecule has 1 saturated carbocycles. The minimum absolute atomic E-state index is 0.165. The summed E-state index contributed by atoms with van der Waals surface area (Å²) in [5.41, 5.74) is 0.703. The SMILES string of the molecule is C=C1C(=O)O[C@@H]2CCCC[C@H]12. The zero-order chi connectivity index (χ0) is 7.84. The summed E-state index contributed by atoms with van der Waals surface area (Å²) < 4.78 is 5.14. The highest BCUT2D eigenvalue weighted by molar-refractivity contribution is 5.90. The molecular weight excluding hydrogens is 140 g/mol. The number of ether oxygens (including phenoxy) is 1. The topological polar surface area (TPSA) is 26.3 Å². The Morgan fingerprint density at radius 2 is 2.09 bits per heavy atom. The van der Waals surface area contributed by atoms with E-state index in [1.165, 1.54) is 12.8 Å². The maximum atomic E-state index is 11.0. The highest BCUT2D eigenvalue weighted by atomic mass is 16.6. The first-order valence-corrected chi connectivity index (χ1v) is 4.19. The average molecular weight is 152 g/mol. The monoisotopic (exact) mass is 152 g/mol. The molecule has 1 aliphatic heterocycles. The molecule has 0 aromatic carbocycles. The maximum absolute atomic E-state index is 11.0. The zero-order valence-electron chi connectivity index (χ0n) is 6.51. The fraction of sp³-hybridized carbons (Fsp3) is 0.667. The third kappa shape index (κ3) is 0.971. The Kier molecular flexibility index (Phi) is 1.48. The van der Waals surface area contributed by atoms with Gasteiger partial charge in [0.25, 0.3) is 0 Å². The molecule has 0 aromatic heterocycles. The van der Waals surface area contributed by atoms with Crippen LogP contribution < -0.4 is 0 Å². The van der Waals surface area contributed by atoms with Gasteiger partial charge >= 0.3 is 5.97 Å². The summed E-state index contributed by atoms with van der Waals surface area (Å²) in [6.07, 6.45) is 4.72. The lowest BCUT2D eigenvalue weighted by atomic mass is 9.84. The van der Waals surface area contributed by atoms with Gasteiger partial charge in [0.15, 0.2) is 0 Å². The first-order chi connectivity index (χ1) is 5.29. The minimum Gasteiger partial charge on any atom is -0.458 e. The minimum atomic E-state index is -0.165. The molecule has 2 fully saturated rings. The molecule has 2 aliphatic rings. The maximum Gasteiger partial charge on any atom is 0.334 e. The number of hydrogen-bond acceptors (Lipinski definition) is 2. The van der Waals surface area contributed by atoms with Crippen molar-refractivity contribution in [1.29, 1.82) is 0 Å². The van der Waals surface area contributed by atoms with Gasteiger partial charge in [-0.3, -0.25) is 0 Å². The second kappa shape index (κ2) is 2.36. The van der Waals surface area contributed by atoms with Crippen molar-refractivity contribution in [2.75, 3.05) is 0 Å². The Labute approximate surface area is 66.2 Å². The van der Waals surface area contributed by atoms with Gasteiger partial charge in [0.1, 0.15) is 6.10 Å². The van der Waals surface area contributed by atoms with Crippen LogP contribution >= 0.6 is 0 Å². The van der Waals surface area contributed by atoms with E-state index in [1.807, 2.05) is 0 Å². The lowest BCUT2D eigenvalue weighted by molar-refractivity contribution is -0.139. The molecule has 0 bridgehead atoms. The van der Waals surface area contributed by atoms with E-state index < -0.39 is 0 Å². The summed E-state index contributed by atoms with van der Waals surface area (Å²) in [7, 11) is 0. The molecule has 0 amide bonds. The molecule has 1 saturated heterocycles. The van der Waals surface area contributed by atoms with E-state index in [1.54, 1.807) is 0 Å². The Morgan fingerprint density at radius 1 is 1.36 bits per heavy atom. The Morgan fingerprint density at radius 3 is 2.82 bits per heavy atom. The van der Waals surface area contributed by atoms with E-state index in [9.17, 15) is 4.79 Å². The van der Waals surface area contributed by atoms with Gasteiger partial charge in [-0.1, -0.05) is 13.0 Å². The Balaban J connectivity index is 2.18. The number of hydrogen-bond donors (Lipinski definition) is 0. The third-order valence-electron chi connectivity index (χ3n) is 2.67. The van der Waals surface area contributed by atoms with E-state index >= 15 is 0 Å².